The number of esters is 1. The number of carbonyl (C=O) groups is 2. The highest BCUT2D eigenvalue weighted by atomic mass is 16.5. The van der Waals surface area contributed by atoms with Crippen LogP contribution in [0.1, 0.15) is 32.9 Å². The second-order valence-electron chi connectivity index (χ2n) is 7.58. The standard InChI is InChI=1S/C25H23N3O3/c1-16-7-9-21(10-8-16)31-23(29)15-19-5-4-6-20(14-19)27-25(30)22-11-12-28-18(3)13-17(2)26-24(22)28/h4-14H,15H2,1-3H3,(H,27,30). The molecule has 0 aliphatic carbocycles. The number of anilines is 1. The highest BCUT2D eigenvalue weighted by molar-refractivity contribution is 6.08. The zero-order chi connectivity index (χ0) is 22.0. The van der Waals surface area contributed by atoms with Gasteiger partial charge in [0.25, 0.3) is 5.91 Å². The number of ether oxygens (including phenoxy) is 1. The molecular formula is C25H23N3O3. The Morgan fingerprint density at radius 1 is 1.00 bits per heavy atom. The topological polar surface area (TPSA) is 72.7 Å². The Hall–Kier alpha value is -3.93. The zero-order valence-corrected chi connectivity index (χ0v) is 17.7. The quantitative estimate of drug-likeness (QED) is 0.382. The number of benzene rings is 2. The van der Waals surface area contributed by atoms with Crippen molar-refractivity contribution in [1.29, 1.82) is 0 Å². The summed E-state index contributed by atoms with van der Waals surface area (Å²) in [4.78, 5) is 29.6. The van der Waals surface area contributed by atoms with Gasteiger partial charge in [-0.3, -0.25) is 9.59 Å². The molecule has 0 atom stereocenters. The van der Waals surface area contributed by atoms with Gasteiger partial charge < -0.3 is 14.5 Å². The van der Waals surface area contributed by atoms with Gasteiger partial charge in [0, 0.05) is 23.3 Å². The van der Waals surface area contributed by atoms with E-state index in [2.05, 4.69) is 10.3 Å². The van der Waals surface area contributed by atoms with E-state index < -0.39 is 0 Å². The van der Waals surface area contributed by atoms with E-state index in [1.54, 1.807) is 36.4 Å². The highest BCUT2D eigenvalue weighted by Gasteiger charge is 2.15. The van der Waals surface area contributed by atoms with Crippen LogP contribution in [0, 0.1) is 20.8 Å². The molecule has 31 heavy (non-hydrogen) atoms. The van der Waals surface area contributed by atoms with Crippen molar-refractivity contribution in [3.05, 3.63) is 94.9 Å². The lowest BCUT2D eigenvalue weighted by Crippen LogP contribution is -2.14. The van der Waals surface area contributed by atoms with Crippen LogP contribution in [-0.2, 0) is 11.2 Å². The van der Waals surface area contributed by atoms with Crippen LogP contribution in [0.2, 0.25) is 0 Å². The molecule has 4 rings (SSSR count). The molecule has 0 unspecified atom stereocenters. The third-order valence-electron chi connectivity index (χ3n) is 4.97. The van der Waals surface area contributed by atoms with Crippen molar-refractivity contribution in [2.45, 2.75) is 27.2 Å². The summed E-state index contributed by atoms with van der Waals surface area (Å²) in [6.07, 6.45) is 1.94. The summed E-state index contributed by atoms with van der Waals surface area (Å²) in [5, 5.41) is 2.90. The molecule has 1 N–H and O–H groups in total. The smallest absolute Gasteiger partial charge is 0.315 e. The Morgan fingerprint density at radius 2 is 1.77 bits per heavy atom. The Bertz CT molecular complexity index is 1270. The molecule has 0 fully saturated rings. The fourth-order valence-electron chi connectivity index (χ4n) is 3.47. The van der Waals surface area contributed by atoms with Crippen LogP contribution in [0.5, 0.6) is 5.75 Å². The molecule has 0 bridgehead atoms. The van der Waals surface area contributed by atoms with Gasteiger partial charge in [0.1, 0.15) is 11.4 Å². The van der Waals surface area contributed by atoms with Crippen molar-refractivity contribution in [2.24, 2.45) is 0 Å². The van der Waals surface area contributed by atoms with Crippen molar-refractivity contribution in [2.75, 3.05) is 5.32 Å². The third kappa shape index (κ3) is 4.64. The fraction of sp³-hybridized carbons (Fsp3) is 0.160. The first-order valence-electron chi connectivity index (χ1n) is 10.0. The number of nitrogens with zero attached hydrogens (tertiary/aromatic N) is 2. The summed E-state index contributed by atoms with van der Waals surface area (Å²) >= 11 is 0. The number of fused-ring (bicyclic) bond motifs is 1. The first-order chi connectivity index (χ1) is 14.9. The van der Waals surface area contributed by atoms with Crippen LogP contribution in [-0.4, -0.2) is 21.3 Å². The van der Waals surface area contributed by atoms with Crippen molar-refractivity contribution < 1.29 is 14.3 Å². The monoisotopic (exact) mass is 413 g/mol. The molecule has 0 spiro atoms. The molecule has 0 aliphatic rings. The Balaban J connectivity index is 1.46. The molecule has 156 valence electrons. The first kappa shape index (κ1) is 20.3. The van der Waals surface area contributed by atoms with Crippen LogP contribution < -0.4 is 10.1 Å². The van der Waals surface area contributed by atoms with Crippen LogP contribution in [0.4, 0.5) is 5.69 Å². The van der Waals surface area contributed by atoms with Gasteiger partial charge in [-0.1, -0.05) is 29.8 Å². The molecule has 6 heteroatoms. The number of carbonyl (C=O) groups excluding carboxylic acids is 2. The van der Waals surface area contributed by atoms with Crippen molar-refractivity contribution in [1.82, 2.24) is 9.38 Å². The molecular weight excluding hydrogens is 390 g/mol. The average molecular weight is 413 g/mol. The van der Waals surface area contributed by atoms with Gasteiger partial charge in [-0.2, -0.15) is 0 Å². The van der Waals surface area contributed by atoms with E-state index in [1.807, 2.05) is 55.6 Å². The van der Waals surface area contributed by atoms with Gasteiger partial charge in [0.2, 0.25) is 0 Å². The fourth-order valence-corrected chi connectivity index (χ4v) is 3.47. The van der Waals surface area contributed by atoms with E-state index in [-0.39, 0.29) is 18.3 Å². The third-order valence-corrected chi connectivity index (χ3v) is 4.97. The van der Waals surface area contributed by atoms with E-state index in [1.165, 1.54) is 0 Å². The van der Waals surface area contributed by atoms with E-state index in [0.29, 0.717) is 22.6 Å². The number of hydrogen-bond donors (Lipinski definition) is 1. The summed E-state index contributed by atoms with van der Waals surface area (Å²) < 4.78 is 7.27. The minimum Gasteiger partial charge on any atom is -0.426 e. The number of aromatic nitrogens is 2. The van der Waals surface area contributed by atoms with Crippen molar-refractivity contribution >= 4 is 23.2 Å². The Morgan fingerprint density at radius 3 is 2.55 bits per heavy atom. The van der Waals surface area contributed by atoms with Crippen LogP contribution in [0.25, 0.3) is 5.65 Å². The lowest BCUT2D eigenvalue weighted by atomic mass is 10.1. The summed E-state index contributed by atoms with van der Waals surface area (Å²) in [7, 11) is 0. The van der Waals surface area contributed by atoms with Crippen LogP contribution >= 0.6 is 0 Å². The second-order valence-corrected chi connectivity index (χ2v) is 7.58. The molecule has 2 aromatic heterocycles. The van der Waals surface area contributed by atoms with E-state index in [4.69, 9.17) is 4.74 Å². The Labute approximate surface area is 180 Å². The minimum absolute atomic E-state index is 0.104. The van der Waals surface area contributed by atoms with Gasteiger partial charge in [0.05, 0.1) is 12.0 Å². The molecule has 0 radical (unpaired) electrons. The zero-order valence-electron chi connectivity index (χ0n) is 17.7. The summed E-state index contributed by atoms with van der Waals surface area (Å²) in [6, 6.07) is 18.2. The number of rotatable bonds is 5. The van der Waals surface area contributed by atoms with Crippen molar-refractivity contribution in [3.8, 4) is 5.75 Å². The van der Waals surface area contributed by atoms with Gasteiger partial charge in [-0.25, -0.2) is 4.98 Å². The SMILES string of the molecule is Cc1ccc(OC(=O)Cc2cccc(NC(=O)c3ccn4c(C)cc(C)nc34)c2)cc1. The Kier molecular flexibility index (Phi) is 5.54. The summed E-state index contributed by atoms with van der Waals surface area (Å²) in [5.41, 5.74) is 5.43. The molecule has 4 aromatic rings. The second kappa shape index (κ2) is 8.44. The van der Waals surface area contributed by atoms with E-state index in [9.17, 15) is 9.59 Å². The number of hydrogen-bond acceptors (Lipinski definition) is 4. The molecule has 6 nitrogen and oxygen atoms in total. The number of amides is 1. The average Bonchev–Trinajstić information content (AvgIpc) is 3.14. The molecule has 1 amide bonds. The minimum atomic E-state index is -0.360. The molecule has 2 aromatic carbocycles. The van der Waals surface area contributed by atoms with Crippen LogP contribution in [0.15, 0.2) is 66.9 Å². The molecule has 2 heterocycles. The van der Waals surface area contributed by atoms with Gasteiger partial charge in [-0.15, -0.1) is 0 Å². The largest absolute Gasteiger partial charge is 0.426 e. The van der Waals surface area contributed by atoms with Gasteiger partial charge in [0.15, 0.2) is 0 Å². The summed E-state index contributed by atoms with van der Waals surface area (Å²) in [5.74, 6) is -0.0981. The molecule has 0 saturated heterocycles. The van der Waals surface area contributed by atoms with E-state index >= 15 is 0 Å². The van der Waals surface area contributed by atoms with Crippen molar-refractivity contribution in [3.63, 3.8) is 0 Å². The van der Waals surface area contributed by atoms with Crippen LogP contribution in [0.3, 0.4) is 0 Å². The number of aryl methyl sites for hydroxylation is 3. The summed E-state index contributed by atoms with van der Waals surface area (Å²) in [6.45, 7) is 5.85. The van der Waals surface area contributed by atoms with E-state index in [0.717, 1.165) is 22.5 Å². The maximum absolute atomic E-state index is 12.9. The predicted molar refractivity (Wildman–Crippen MR) is 120 cm³/mol. The van der Waals surface area contributed by atoms with Gasteiger partial charge >= 0.3 is 5.97 Å². The lowest BCUT2D eigenvalue weighted by Gasteiger charge is -2.08. The molecule has 0 saturated carbocycles. The number of nitrogens with one attached hydrogen (secondary N) is 1. The predicted octanol–water partition coefficient (Wildman–Crippen LogP) is 4.66. The maximum Gasteiger partial charge on any atom is 0.315 e. The first-order valence-corrected chi connectivity index (χ1v) is 10.0. The maximum atomic E-state index is 12.9. The highest BCUT2D eigenvalue weighted by Crippen LogP contribution is 2.18. The molecule has 0 aliphatic heterocycles. The normalized spacial score (nSPS) is 10.8. The lowest BCUT2D eigenvalue weighted by molar-refractivity contribution is -0.133. The van der Waals surface area contributed by atoms with Gasteiger partial charge in [-0.05, 0) is 62.7 Å².